The summed E-state index contributed by atoms with van der Waals surface area (Å²) in [6.45, 7) is -0.271. The fraction of sp³-hybridized carbons (Fsp3) is 0.286. The number of methoxy groups -OCH3 is 1. The van der Waals surface area contributed by atoms with E-state index in [1.165, 1.54) is 4.90 Å². The van der Waals surface area contributed by atoms with Crippen molar-refractivity contribution in [1.29, 1.82) is 0 Å². The van der Waals surface area contributed by atoms with E-state index in [1.807, 2.05) is 36.4 Å². The molecule has 0 radical (unpaired) electrons. The van der Waals surface area contributed by atoms with Gasteiger partial charge in [-0.2, -0.15) is 0 Å². The minimum atomic E-state index is -1.51. The Morgan fingerprint density at radius 3 is 2.67 bits per heavy atom. The predicted molar refractivity (Wildman–Crippen MR) is 105 cm³/mol. The lowest BCUT2D eigenvalue weighted by Gasteiger charge is -2.30. The average Bonchev–Trinajstić information content (AvgIpc) is 2.75. The number of piperidine rings is 1. The van der Waals surface area contributed by atoms with Gasteiger partial charge in [-0.25, -0.2) is 0 Å². The van der Waals surface area contributed by atoms with Crippen LogP contribution in [0.25, 0.3) is 11.3 Å². The largest absolute Gasteiger partial charge is 0.496 e. The van der Waals surface area contributed by atoms with Gasteiger partial charge in [-0.05, 0) is 23.8 Å². The summed E-state index contributed by atoms with van der Waals surface area (Å²) in [5.74, 6) is -4.11. The fourth-order valence-electron chi connectivity index (χ4n) is 3.25. The number of para-hydroxylation sites is 1. The molecule has 1 aliphatic rings. The number of ether oxygens (including phenoxy) is 1. The average molecular weight is 411 g/mol. The summed E-state index contributed by atoms with van der Waals surface area (Å²) >= 11 is 0. The molecular weight excluding hydrogens is 390 g/mol. The molecule has 2 amide bonds. The predicted octanol–water partition coefficient (Wildman–Crippen LogP) is 0.876. The monoisotopic (exact) mass is 411 g/mol. The molecule has 1 fully saturated rings. The molecule has 156 valence electrons. The van der Waals surface area contributed by atoms with Gasteiger partial charge in [-0.3, -0.25) is 24.2 Å². The van der Waals surface area contributed by atoms with Gasteiger partial charge in [0.1, 0.15) is 12.3 Å². The van der Waals surface area contributed by atoms with Crippen LogP contribution in [0.15, 0.2) is 42.6 Å². The maximum Gasteiger partial charge on any atom is 0.322 e. The smallest absolute Gasteiger partial charge is 0.322 e. The molecule has 1 aromatic heterocycles. The molecule has 2 heterocycles. The molecule has 1 aliphatic heterocycles. The summed E-state index contributed by atoms with van der Waals surface area (Å²) in [7, 11) is 1.58. The third kappa shape index (κ3) is 4.62. The van der Waals surface area contributed by atoms with Crippen LogP contribution < -0.4 is 10.1 Å². The molecule has 0 saturated carbocycles. The first kappa shape index (κ1) is 21.0. The minimum Gasteiger partial charge on any atom is -0.496 e. The first-order valence-corrected chi connectivity index (χ1v) is 9.30. The van der Waals surface area contributed by atoms with Gasteiger partial charge in [0.2, 0.25) is 11.8 Å². The zero-order chi connectivity index (χ0) is 21.7. The summed E-state index contributed by atoms with van der Waals surface area (Å²) in [4.78, 5) is 53.3. The number of aromatic nitrogens is 1. The number of likely N-dealkylation sites (tertiary alicyclic amines) is 1. The number of nitrogens with zero attached hydrogens (tertiary/aromatic N) is 2. The van der Waals surface area contributed by atoms with Crippen molar-refractivity contribution in [1.82, 2.24) is 15.2 Å². The van der Waals surface area contributed by atoms with Crippen LogP contribution in [0.4, 0.5) is 0 Å². The van der Waals surface area contributed by atoms with Gasteiger partial charge in [0, 0.05) is 31.3 Å². The highest BCUT2D eigenvalue weighted by molar-refractivity contribution is 6.19. The van der Waals surface area contributed by atoms with Crippen LogP contribution in [-0.2, 0) is 25.7 Å². The second-order valence-electron chi connectivity index (χ2n) is 6.77. The first-order chi connectivity index (χ1) is 14.4. The fourth-order valence-corrected chi connectivity index (χ4v) is 3.25. The maximum atomic E-state index is 12.7. The highest BCUT2D eigenvalue weighted by atomic mass is 16.5. The van der Waals surface area contributed by atoms with E-state index < -0.39 is 36.0 Å². The summed E-state index contributed by atoms with van der Waals surface area (Å²) in [6.07, 6.45) is 1.66. The van der Waals surface area contributed by atoms with Gasteiger partial charge in [0.25, 0.3) is 0 Å². The van der Waals surface area contributed by atoms with Crippen LogP contribution in [0.3, 0.4) is 0 Å². The number of ketones is 1. The molecule has 0 bridgehead atoms. The van der Waals surface area contributed by atoms with Gasteiger partial charge in [-0.15, -0.1) is 0 Å². The van der Waals surface area contributed by atoms with Gasteiger partial charge >= 0.3 is 5.97 Å². The quantitative estimate of drug-likeness (QED) is 0.648. The van der Waals surface area contributed by atoms with E-state index in [2.05, 4.69) is 10.3 Å². The van der Waals surface area contributed by atoms with E-state index >= 15 is 0 Å². The van der Waals surface area contributed by atoms with Crippen LogP contribution in [0.5, 0.6) is 5.75 Å². The molecule has 1 aromatic carbocycles. The topological polar surface area (TPSA) is 126 Å². The number of Topliss-reactive ketones (excluding diaryl/α,β-unsaturated/α-hetero) is 1. The van der Waals surface area contributed by atoms with Crippen LogP contribution >= 0.6 is 0 Å². The molecular formula is C21H21N3O6. The number of carboxylic acid groups (broad SMARTS) is 1. The Balaban J connectivity index is 1.71. The molecule has 2 aromatic rings. The molecule has 1 unspecified atom stereocenters. The van der Waals surface area contributed by atoms with Crippen molar-refractivity contribution in [2.24, 2.45) is 5.92 Å². The van der Waals surface area contributed by atoms with Crippen molar-refractivity contribution in [3.05, 3.63) is 48.2 Å². The van der Waals surface area contributed by atoms with E-state index in [1.54, 1.807) is 13.3 Å². The van der Waals surface area contributed by atoms with E-state index in [9.17, 15) is 19.2 Å². The molecule has 1 saturated heterocycles. The third-order valence-corrected chi connectivity index (χ3v) is 4.77. The third-order valence-electron chi connectivity index (χ3n) is 4.77. The molecule has 9 heteroatoms. The van der Waals surface area contributed by atoms with Gasteiger partial charge in [0.05, 0.1) is 12.8 Å². The van der Waals surface area contributed by atoms with Crippen LogP contribution in [-0.4, -0.2) is 58.8 Å². The highest BCUT2D eigenvalue weighted by Crippen LogP contribution is 2.28. The summed E-state index contributed by atoms with van der Waals surface area (Å²) < 4.78 is 5.35. The van der Waals surface area contributed by atoms with Crippen molar-refractivity contribution in [2.45, 2.75) is 13.0 Å². The standard InChI is InChI=1S/C21H21N3O6/c1-30-17-5-3-2-4-14(17)15-7-6-13(10-22-15)12-24-9-8-16(25)19(21(24)29)20(28)23-11-18(26)27/h2-7,10,19H,8-9,11-12H2,1H3,(H,23,28)(H,26,27). The zero-order valence-corrected chi connectivity index (χ0v) is 16.3. The molecule has 0 spiro atoms. The van der Waals surface area contributed by atoms with Crippen molar-refractivity contribution < 1.29 is 29.0 Å². The Bertz CT molecular complexity index is 973. The van der Waals surface area contributed by atoms with Gasteiger partial charge in [0.15, 0.2) is 11.7 Å². The number of carboxylic acids is 1. The molecule has 3 rings (SSSR count). The van der Waals surface area contributed by atoms with Gasteiger partial charge < -0.3 is 20.1 Å². The van der Waals surface area contributed by atoms with Crippen LogP contribution in [0, 0.1) is 5.92 Å². The summed E-state index contributed by atoms with van der Waals surface area (Å²) in [5, 5.41) is 10.8. The first-order valence-electron chi connectivity index (χ1n) is 9.30. The second-order valence-corrected chi connectivity index (χ2v) is 6.77. The Labute approximate surface area is 172 Å². The number of nitrogens with one attached hydrogen (secondary N) is 1. The van der Waals surface area contributed by atoms with E-state index in [4.69, 9.17) is 9.84 Å². The highest BCUT2D eigenvalue weighted by Gasteiger charge is 2.40. The normalized spacial score (nSPS) is 16.3. The number of pyridine rings is 1. The van der Waals surface area contributed by atoms with E-state index in [-0.39, 0.29) is 19.5 Å². The lowest BCUT2D eigenvalue weighted by Crippen LogP contribution is -2.52. The molecule has 2 N–H and O–H groups in total. The number of aliphatic carboxylic acids is 1. The number of carbonyl (C=O) groups is 4. The Kier molecular flexibility index (Phi) is 6.41. The lowest BCUT2D eigenvalue weighted by atomic mass is 9.94. The van der Waals surface area contributed by atoms with Crippen molar-refractivity contribution in [2.75, 3.05) is 20.2 Å². The molecule has 1 atom stereocenters. The van der Waals surface area contributed by atoms with Crippen LogP contribution in [0.2, 0.25) is 0 Å². The van der Waals surface area contributed by atoms with Crippen LogP contribution in [0.1, 0.15) is 12.0 Å². The number of carbonyl (C=O) groups excluding carboxylic acids is 3. The zero-order valence-electron chi connectivity index (χ0n) is 16.3. The Morgan fingerprint density at radius 1 is 1.23 bits per heavy atom. The number of hydrogen-bond acceptors (Lipinski definition) is 6. The molecule has 0 aliphatic carbocycles. The summed E-state index contributed by atoms with van der Waals surface area (Å²) in [5.41, 5.74) is 2.28. The van der Waals surface area contributed by atoms with Crippen molar-refractivity contribution >= 4 is 23.6 Å². The van der Waals surface area contributed by atoms with Crippen molar-refractivity contribution in [3.8, 4) is 17.0 Å². The number of rotatable bonds is 7. The van der Waals surface area contributed by atoms with E-state index in [0.717, 1.165) is 11.1 Å². The number of hydrogen-bond donors (Lipinski definition) is 2. The number of amides is 2. The molecule has 30 heavy (non-hydrogen) atoms. The van der Waals surface area contributed by atoms with E-state index in [0.29, 0.717) is 11.4 Å². The molecule has 9 nitrogen and oxygen atoms in total. The SMILES string of the molecule is COc1ccccc1-c1ccc(CN2CCC(=O)C(C(=O)NCC(=O)O)C2=O)cn1. The number of benzene rings is 1. The van der Waals surface area contributed by atoms with Gasteiger partial charge in [-0.1, -0.05) is 18.2 Å². The Hall–Kier alpha value is -3.75. The van der Waals surface area contributed by atoms with Crippen molar-refractivity contribution in [3.63, 3.8) is 0 Å². The summed E-state index contributed by atoms with van der Waals surface area (Å²) in [6, 6.07) is 11.1. The Morgan fingerprint density at radius 2 is 2.00 bits per heavy atom. The second kappa shape index (κ2) is 9.17. The lowest BCUT2D eigenvalue weighted by molar-refractivity contribution is -0.152. The maximum absolute atomic E-state index is 12.7. The minimum absolute atomic E-state index is 0.0314.